The van der Waals surface area contributed by atoms with E-state index in [0.717, 1.165) is 12.8 Å². The van der Waals surface area contributed by atoms with Gasteiger partial charge in [0.25, 0.3) is 11.8 Å². The molecule has 166 valence electrons. The van der Waals surface area contributed by atoms with Crippen molar-refractivity contribution in [2.75, 3.05) is 39.4 Å². The van der Waals surface area contributed by atoms with E-state index in [4.69, 9.17) is 21.1 Å². The monoisotopic (exact) mass is 444 g/mol. The van der Waals surface area contributed by atoms with Gasteiger partial charge < -0.3 is 19.3 Å². The second-order valence-electron chi connectivity index (χ2n) is 7.45. The lowest BCUT2D eigenvalue weighted by Gasteiger charge is -2.35. The van der Waals surface area contributed by atoms with E-state index in [2.05, 4.69) is 0 Å². The maximum absolute atomic E-state index is 13.1. The molecule has 0 spiro atoms. The minimum absolute atomic E-state index is 0.0673. The molecule has 0 unspecified atom stereocenters. The SMILES string of the molecule is CCCOc1ccc(C(=O)N2CCN(C(=O)c3cccc(Cl)c3)CC2)cc1OCCC. The molecule has 0 atom stereocenters. The summed E-state index contributed by atoms with van der Waals surface area (Å²) in [5, 5.41) is 0.534. The number of rotatable bonds is 8. The third kappa shape index (κ3) is 5.91. The zero-order chi connectivity index (χ0) is 22.2. The van der Waals surface area contributed by atoms with Crippen molar-refractivity contribution in [2.45, 2.75) is 26.7 Å². The van der Waals surface area contributed by atoms with Crippen LogP contribution >= 0.6 is 11.6 Å². The summed E-state index contributed by atoms with van der Waals surface area (Å²) in [4.78, 5) is 29.3. The van der Waals surface area contributed by atoms with Crippen molar-refractivity contribution in [1.82, 2.24) is 9.80 Å². The average molecular weight is 445 g/mol. The number of amides is 2. The van der Waals surface area contributed by atoms with Gasteiger partial charge in [-0.1, -0.05) is 31.5 Å². The van der Waals surface area contributed by atoms with Gasteiger partial charge in [0.15, 0.2) is 11.5 Å². The highest BCUT2D eigenvalue weighted by molar-refractivity contribution is 6.30. The molecule has 1 aliphatic heterocycles. The number of hydrogen-bond acceptors (Lipinski definition) is 4. The van der Waals surface area contributed by atoms with Crippen molar-refractivity contribution in [3.8, 4) is 11.5 Å². The van der Waals surface area contributed by atoms with Crippen LogP contribution in [0.2, 0.25) is 5.02 Å². The van der Waals surface area contributed by atoms with E-state index < -0.39 is 0 Å². The summed E-state index contributed by atoms with van der Waals surface area (Å²) in [5.41, 5.74) is 1.12. The van der Waals surface area contributed by atoms with Gasteiger partial charge in [-0.25, -0.2) is 0 Å². The molecule has 1 aliphatic rings. The van der Waals surface area contributed by atoms with Gasteiger partial charge in [-0.2, -0.15) is 0 Å². The van der Waals surface area contributed by atoms with Crippen LogP contribution in [-0.4, -0.2) is 61.0 Å². The van der Waals surface area contributed by atoms with Crippen LogP contribution in [0.5, 0.6) is 11.5 Å². The third-order valence-electron chi connectivity index (χ3n) is 5.04. The number of nitrogens with zero attached hydrogens (tertiary/aromatic N) is 2. The second-order valence-corrected chi connectivity index (χ2v) is 7.89. The molecule has 0 N–H and O–H groups in total. The van der Waals surface area contributed by atoms with Crippen molar-refractivity contribution < 1.29 is 19.1 Å². The Hall–Kier alpha value is -2.73. The summed E-state index contributed by atoms with van der Waals surface area (Å²) < 4.78 is 11.6. The molecule has 31 heavy (non-hydrogen) atoms. The minimum Gasteiger partial charge on any atom is -0.490 e. The second kappa shape index (κ2) is 11.0. The lowest BCUT2D eigenvalue weighted by atomic mass is 10.1. The Morgan fingerprint density at radius 2 is 1.35 bits per heavy atom. The van der Waals surface area contributed by atoms with Gasteiger partial charge in [-0.3, -0.25) is 9.59 Å². The van der Waals surface area contributed by atoms with Crippen LogP contribution in [0.4, 0.5) is 0 Å². The van der Waals surface area contributed by atoms with Crippen LogP contribution in [0, 0.1) is 0 Å². The molecule has 2 amide bonds. The smallest absolute Gasteiger partial charge is 0.254 e. The molecule has 1 heterocycles. The predicted octanol–water partition coefficient (Wildman–Crippen LogP) is 4.52. The van der Waals surface area contributed by atoms with Crippen LogP contribution < -0.4 is 9.47 Å². The molecule has 2 aromatic carbocycles. The number of benzene rings is 2. The highest BCUT2D eigenvalue weighted by atomic mass is 35.5. The van der Waals surface area contributed by atoms with Crippen LogP contribution in [0.3, 0.4) is 0 Å². The minimum atomic E-state index is -0.0711. The van der Waals surface area contributed by atoms with Crippen LogP contribution in [0.1, 0.15) is 47.4 Å². The fourth-order valence-electron chi connectivity index (χ4n) is 3.40. The Kier molecular flexibility index (Phi) is 8.18. The van der Waals surface area contributed by atoms with Crippen LogP contribution in [0.25, 0.3) is 0 Å². The molecule has 3 rings (SSSR count). The zero-order valence-corrected chi connectivity index (χ0v) is 18.9. The Labute approximate surface area is 188 Å². The quantitative estimate of drug-likeness (QED) is 0.600. The van der Waals surface area contributed by atoms with E-state index in [9.17, 15) is 9.59 Å². The van der Waals surface area contributed by atoms with Gasteiger partial charge in [0.05, 0.1) is 13.2 Å². The van der Waals surface area contributed by atoms with Gasteiger partial charge >= 0.3 is 0 Å². The first kappa shape index (κ1) is 22.9. The van der Waals surface area contributed by atoms with Gasteiger partial charge in [0.2, 0.25) is 0 Å². The Morgan fingerprint density at radius 3 is 1.90 bits per heavy atom. The zero-order valence-electron chi connectivity index (χ0n) is 18.1. The summed E-state index contributed by atoms with van der Waals surface area (Å²) in [6.07, 6.45) is 1.76. The van der Waals surface area contributed by atoms with E-state index in [1.807, 2.05) is 13.8 Å². The van der Waals surface area contributed by atoms with Crippen LogP contribution in [0.15, 0.2) is 42.5 Å². The lowest BCUT2D eigenvalue weighted by molar-refractivity contribution is 0.0535. The number of hydrogen-bond donors (Lipinski definition) is 0. The Morgan fingerprint density at radius 1 is 0.806 bits per heavy atom. The first-order chi connectivity index (χ1) is 15.0. The fourth-order valence-corrected chi connectivity index (χ4v) is 3.59. The highest BCUT2D eigenvalue weighted by Gasteiger charge is 2.26. The third-order valence-corrected chi connectivity index (χ3v) is 5.27. The van der Waals surface area contributed by atoms with Gasteiger partial charge in [0.1, 0.15) is 0 Å². The standard InChI is InChI=1S/C24H29ClN2O4/c1-3-14-30-21-9-8-19(17-22(21)31-15-4-2)24(29)27-12-10-26(11-13-27)23(28)18-6-5-7-20(25)16-18/h5-9,16-17H,3-4,10-15H2,1-2H3. The van der Waals surface area contributed by atoms with E-state index in [0.29, 0.717) is 67.0 Å². The number of piperazine rings is 1. The highest BCUT2D eigenvalue weighted by Crippen LogP contribution is 2.29. The van der Waals surface area contributed by atoms with E-state index >= 15 is 0 Å². The van der Waals surface area contributed by atoms with E-state index in [1.54, 1.807) is 52.3 Å². The summed E-state index contributed by atoms with van der Waals surface area (Å²) in [5.74, 6) is 1.11. The summed E-state index contributed by atoms with van der Waals surface area (Å²) >= 11 is 6.00. The summed E-state index contributed by atoms with van der Waals surface area (Å²) in [7, 11) is 0. The average Bonchev–Trinajstić information content (AvgIpc) is 2.80. The molecule has 0 radical (unpaired) electrons. The molecule has 2 aromatic rings. The van der Waals surface area contributed by atoms with Crippen molar-refractivity contribution >= 4 is 23.4 Å². The Bertz CT molecular complexity index is 910. The fraction of sp³-hybridized carbons (Fsp3) is 0.417. The molecule has 6 nitrogen and oxygen atoms in total. The van der Waals surface area contributed by atoms with Crippen molar-refractivity contribution in [3.05, 3.63) is 58.6 Å². The number of carbonyl (C=O) groups excluding carboxylic acids is 2. The van der Waals surface area contributed by atoms with E-state index in [1.165, 1.54) is 0 Å². The maximum Gasteiger partial charge on any atom is 0.254 e. The molecule has 0 bridgehead atoms. The predicted molar refractivity (Wildman–Crippen MR) is 121 cm³/mol. The number of halogens is 1. The molecule has 0 aromatic heterocycles. The molecular formula is C24H29ClN2O4. The van der Waals surface area contributed by atoms with Crippen molar-refractivity contribution in [3.63, 3.8) is 0 Å². The maximum atomic E-state index is 13.1. The van der Waals surface area contributed by atoms with Gasteiger partial charge in [0, 0.05) is 42.3 Å². The van der Waals surface area contributed by atoms with Crippen LogP contribution in [-0.2, 0) is 0 Å². The summed E-state index contributed by atoms with van der Waals surface area (Å²) in [6.45, 7) is 7.15. The molecule has 0 aliphatic carbocycles. The summed E-state index contributed by atoms with van der Waals surface area (Å²) in [6, 6.07) is 12.3. The van der Waals surface area contributed by atoms with Crippen molar-refractivity contribution in [2.24, 2.45) is 0 Å². The van der Waals surface area contributed by atoms with Crippen molar-refractivity contribution in [1.29, 1.82) is 0 Å². The largest absolute Gasteiger partial charge is 0.490 e. The topological polar surface area (TPSA) is 59.1 Å². The first-order valence-electron chi connectivity index (χ1n) is 10.8. The number of ether oxygens (including phenoxy) is 2. The van der Waals surface area contributed by atoms with Gasteiger partial charge in [-0.15, -0.1) is 0 Å². The first-order valence-corrected chi connectivity index (χ1v) is 11.1. The molecule has 1 saturated heterocycles. The molecule has 7 heteroatoms. The number of carbonyl (C=O) groups is 2. The normalized spacial score (nSPS) is 13.8. The molecule has 1 fully saturated rings. The molecule has 0 saturated carbocycles. The lowest BCUT2D eigenvalue weighted by Crippen LogP contribution is -2.50. The van der Waals surface area contributed by atoms with E-state index in [-0.39, 0.29) is 11.8 Å². The van der Waals surface area contributed by atoms with Gasteiger partial charge in [-0.05, 0) is 49.2 Å². The Balaban J connectivity index is 1.65. The molecular weight excluding hydrogens is 416 g/mol.